The lowest BCUT2D eigenvalue weighted by Gasteiger charge is -2.41. The summed E-state index contributed by atoms with van der Waals surface area (Å²) in [5.74, 6) is 0.147. The van der Waals surface area contributed by atoms with Crippen molar-refractivity contribution in [1.82, 2.24) is 9.80 Å². The van der Waals surface area contributed by atoms with Crippen molar-refractivity contribution >= 4 is 23.4 Å². The fourth-order valence-electron chi connectivity index (χ4n) is 3.69. The SMILES string of the molecule is N#CC1=C2SCN(Cc3ccccc3)CN2C(=O)C[C@H]1c1cccc([N+](=O)[O-])c1. The van der Waals surface area contributed by atoms with Crippen LogP contribution in [0.1, 0.15) is 23.5 Å². The van der Waals surface area contributed by atoms with Gasteiger partial charge in [0.25, 0.3) is 5.69 Å². The number of nitrogens with zero attached hydrogens (tertiary/aromatic N) is 4. The highest BCUT2D eigenvalue weighted by atomic mass is 32.2. The zero-order valence-electron chi connectivity index (χ0n) is 15.5. The van der Waals surface area contributed by atoms with Crippen molar-refractivity contribution in [3.63, 3.8) is 0 Å². The van der Waals surface area contributed by atoms with Crippen LogP contribution in [0, 0.1) is 21.4 Å². The number of hydrogen-bond acceptors (Lipinski definition) is 6. The van der Waals surface area contributed by atoms with Gasteiger partial charge in [0.05, 0.1) is 34.1 Å². The minimum atomic E-state index is -0.462. The minimum absolute atomic E-state index is 0.0370. The molecule has 8 heteroatoms. The number of non-ortho nitro benzene ring substituents is 1. The molecule has 4 rings (SSSR count). The molecule has 0 spiro atoms. The molecule has 0 radical (unpaired) electrons. The van der Waals surface area contributed by atoms with Crippen molar-refractivity contribution in [3.05, 3.63) is 86.4 Å². The molecular formula is C21H18N4O3S. The maximum atomic E-state index is 12.9. The van der Waals surface area contributed by atoms with Gasteiger partial charge in [0.15, 0.2) is 0 Å². The number of nitro groups is 1. The van der Waals surface area contributed by atoms with Gasteiger partial charge in [-0.05, 0) is 11.1 Å². The minimum Gasteiger partial charge on any atom is -0.292 e. The molecule has 2 aromatic carbocycles. The highest BCUT2D eigenvalue weighted by Crippen LogP contribution is 2.43. The van der Waals surface area contributed by atoms with Crippen LogP contribution < -0.4 is 0 Å². The Morgan fingerprint density at radius 1 is 1.21 bits per heavy atom. The summed E-state index contributed by atoms with van der Waals surface area (Å²) in [6.07, 6.45) is 0.132. The van der Waals surface area contributed by atoms with Crippen LogP contribution in [0.25, 0.3) is 0 Å². The van der Waals surface area contributed by atoms with Gasteiger partial charge in [-0.15, -0.1) is 0 Å². The van der Waals surface area contributed by atoms with E-state index in [1.54, 1.807) is 17.0 Å². The molecule has 0 aromatic heterocycles. The van der Waals surface area contributed by atoms with Gasteiger partial charge in [-0.25, -0.2) is 0 Å². The molecule has 0 saturated carbocycles. The maximum Gasteiger partial charge on any atom is 0.269 e. The quantitative estimate of drug-likeness (QED) is 0.566. The molecule has 0 unspecified atom stereocenters. The van der Waals surface area contributed by atoms with Crippen molar-refractivity contribution in [2.75, 3.05) is 12.5 Å². The fraction of sp³-hybridized carbons (Fsp3) is 0.238. The Balaban J connectivity index is 1.61. The van der Waals surface area contributed by atoms with E-state index in [1.165, 1.54) is 29.5 Å². The summed E-state index contributed by atoms with van der Waals surface area (Å²) >= 11 is 1.47. The molecule has 1 atom stereocenters. The molecule has 1 saturated heterocycles. The molecule has 2 aliphatic rings. The van der Waals surface area contributed by atoms with Gasteiger partial charge < -0.3 is 0 Å². The number of carbonyl (C=O) groups is 1. The first kappa shape index (κ1) is 19.2. The van der Waals surface area contributed by atoms with Crippen LogP contribution in [-0.2, 0) is 11.3 Å². The highest BCUT2D eigenvalue weighted by molar-refractivity contribution is 8.03. The van der Waals surface area contributed by atoms with Crippen LogP contribution in [0.4, 0.5) is 5.69 Å². The molecule has 1 fully saturated rings. The third-order valence-corrected chi connectivity index (χ3v) is 6.29. The maximum absolute atomic E-state index is 12.9. The number of fused-ring (bicyclic) bond motifs is 1. The Kier molecular flexibility index (Phi) is 5.34. The predicted octanol–water partition coefficient (Wildman–Crippen LogP) is 3.81. The number of thioether (sulfide) groups is 1. The Morgan fingerprint density at radius 2 is 2.00 bits per heavy atom. The standard InChI is InChI=1S/C21H18N4O3S/c22-11-19-18(16-7-4-8-17(9-16)25(27)28)10-20(26)24-13-23(14-29-21(19)24)12-15-5-2-1-3-6-15/h1-9,18H,10,12-14H2/t18-/m0/s1. The zero-order chi connectivity index (χ0) is 20.4. The Bertz CT molecular complexity index is 1030. The van der Waals surface area contributed by atoms with Crippen LogP contribution in [0.5, 0.6) is 0 Å². The van der Waals surface area contributed by atoms with E-state index in [1.807, 2.05) is 30.3 Å². The van der Waals surface area contributed by atoms with Crippen molar-refractivity contribution < 1.29 is 9.72 Å². The number of nitro benzene ring substituents is 1. The van der Waals surface area contributed by atoms with E-state index in [9.17, 15) is 20.2 Å². The average Bonchev–Trinajstić information content (AvgIpc) is 2.74. The molecule has 29 heavy (non-hydrogen) atoms. The Morgan fingerprint density at radius 3 is 2.72 bits per heavy atom. The van der Waals surface area contributed by atoms with Gasteiger partial charge in [-0.1, -0.05) is 54.2 Å². The predicted molar refractivity (Wildman–Crippen MR) is 109 cm³/mol. The lowest BCUT2D eigenvalue weighted by atomic mass is 9.86. The summed E-state index contributed by atoms with van der Waals surface area (Å²) in [5, 5.41) is 21.6. The molecule has 0 N–H and O–H groups in total. The summed E-state index contributed by atoms with van der Waals surface area (Å²) < 4.78 is 0. The molecule has 2 heterocycles. The molecule has 0 aliphatic carbocycles. The number of carbonyl (C=O) groups excluding carboxylic acids is 1. The van der Waals surface area contributed by atoms with Crippen molar-refractivity contribution in [1.29, 1.82) is 5.26 Å². The van der Waals surface area contributed by atoms with E-state index in [4.69, 9.17) is 0 Å². The fourth-order valence-corrected chi connectivity index (χ4v) is 4.83. The van der Waals surface area contributed by atoms with Gasteiger partial charge in [-0.2, -0.15) is 5.26 Å². The molecule has 1 amide bonds. The normalized spacial score (nSPS) is 19.6. The summed E-state index contributed by atoms with van der Waals surface area (Å²) in [5.41, 5.74) is 2.27. The third kappa shape index (κ3) is 3.88. The summed E-state index contributed by atoms with van der Waals surface area (Å²) in [6, 6.07) is 18.5. The van der Waals surface area contributed by atoms with Crippen LogP contribution in [-0.4, -0.2) is 33.2 Å². The molecule has 0 bridgehead atoms. The lowest BCUT2D eigenvalue weighted by molar-refractivity contribution is -0.384. The van der Waals surface area contributed by atoms with E-state index in [2.05, 4.69) is 11.0 Å². The second kappa shape index (κ2) is 8.07. The molecular weight excluding hydrogens is 388 g/mol. The second-order valence-corrected chi connectivity index (χ2v) is 7.92. The van der Waals surface area contributed by atoms with Crippen molar-refractivity contribution in [3.8, 4) is 6.07 Å². The van der Waals surface area contributed by atoms with E-state index in [-0.39, 0.29) is 18.0 Å². The first-order valence-corrected chi connectivity index (χ1v) is 10.1. The molecule has 7 nitrogen and oxygen atoms in total. The number of nitriles is 1. The Labute approximate surface area is 172 Å². The van der Waals surface area contributed by atoms with E-state index >= 15 is 0 Å². The smallest absolute Gasteiger partial charge is 0.269 e. The van der Waals surface area contributed by atoms with Gasteiger partial charge in [-0.3, -0.25) is 24.7 Å². The number of amides is 1. The van der Waals surface area contributed by atoms with Crippen LogP contribution in [0.2, 0.25) is 0 Å². The third-order valence-electron chi connectivity index (χ3n) is 5.08. The first-order chi connectivity index (χ1) is 14.1. The van der Waals surface area contributed by atoms with E-state index in [0.29, 0.717) is 28.7 Å². The van der Waals surface area contributed by atoms with Gasteiger partial charge in [0.1, 0.15) is 0 Å². The average molecular weight is 406 g/mol. The molecule has 2 aliphatic heterocycles. The molecule has 2 aromatic rings. The second-order valence-electron chi connectivity index (χ2n) is 6.99. The van der Waals surface area contributed by atoms with Crippen molar-refractivity contribution in [2.45, 2.75) is 18.9 Å². The summed E-state index contributed by atoms with van der Waals surface area (Å²) in [6.45, 7) is 1.16. The van der Waals surface area contributed by atoms with Gasteiger partial charge in [0.2, 0.25) is 5.91 Å². The van der Waals surface area contributed by atoms with Gasteiger partial charge in [0, 0.05) is 31.0 Å². The topological polar surface area (TPSA) is 90.5 Å². The number of hydrogen-bond donors (Lipinski definition) is 0. The first-order valence-electron chi connectivity index (χ1n) is 9.15. The number of rotatable bonds is 4. The van der Waals surface area contributed by atoms with Crippen molar-refractivity contribution in [2.24, 2.45) is 0 Å². The summed E-state index contributed by atoms with van der Waals surface area (Å²) in [7, 11) is 0. The largest absolute Gasteiger partial charge is 0.292 e. The van der Waals surface area contributed by atoms with Gasteiger partial charge >= 0.3 is 0 Å². The number of benzene rings is 2. The lowest BCUT2D eigenvalue weighted by Crippen LogP contribution is -2.46. The summed E-state index contributed by atoms with van der Waals surface area (Å²) in [4.78, 5) is 27.4. The monoisotopic (exact) mass is 406 g/mol. The zero-order valence-corrected chi connectivity index (χ0v) is 16.3. The van der Waals surface area contributed by atoms with E-state index in [0.717, 1.165) is 6.54 Å². The number of allylic oxidation sites excluding steroid dienone is 1. The molecule has 146 valence electrons. The Hall–Kier alpha value is -3.15. The van der Waals surface area contributed by atoms with Crippen LogP contribution in [0.3, 0.4) is 0 Å². The van der Waals surface area contributed by atoms with Crippen LogP contribution >= 0.6 is 11.8 Å². The van der Waals surface area contributed by atoms with E-state index < -0.39 is 10.8 Å². The highest BCUT2D eigenvalue weighted by Gasteiger charge is 2.38. The van der Waals surface area contributed by atoms with Crippen LogP contribution in [0.15, 0.2) is 65.2 Å².